The number of ether oxygens (including phenoxy) is 1. The summed E-state index contributed by atoms with van der Waals surface area (Å²) in [6.07, 6.45) is -1.12. The molecule has 3 atom stereocenters. The zero-order valence-corrected chi connectivity index (χ0v) is 20.5. The van der Waals surface area contributed by atoms with E-state index in [1.54, 1.807) is 18.2 Å². The lowest BCUT2D eigenvalue weighted by Crippen LogP contribution is -2.37. The minimum atomic E-state index is -1.12. The number of anilines is 1. The Hall–Kier alpha value is -3.96. The third-order valence-corrected chi connectivity index (χ3v) is 6.90. The van der Waals surface area contributed by atoms with Gasteiger partial charge in [-0.05, 0) is 45.3 Å². The Morgan fingerprint density at radius 1 is 1.08 bits per heavy atom. The van der Waals surface area contributed by atoms with E-state index in [9.17, 15) is 24.8 Å². The molecule has 2 heterocycles. The molecular weight excluding hydrogens is 534 g/mol. The number of hydrogen-bond donors (Lipinski definition) is 1. The van der Waals surface area contributed by atoms with Gasteiger partial charge in [0.2, 0.25) is 5.91 Å². The Balaban J connectivity index is 1.59. The number of nitrogens with zero attached hydrogens (tertiary/aromatic N) is 3. The molecule has 3 aromatic carbocycles. The summed E-state index contributed by atoms with van der Waals surface area (Å²) in [6, 6.07) is 17.2. The zero-order chi connectivity index (χ0) is 25.6. The number of fused-ring (bicyclic) bond motifs is 1. The first kappa shape index (κ1) is 23.8. The second kappa shape index (κ2) is 9.25. The molecule has 11 heteroatoms. The van der Waals surface area contributed by atoms with Crippen molar-refractivity contribution >= 4 is 39.1 Å². The van der Waals surface area contributed by atoms with Gasteiger partial charge in [0.25, 0.3) is 11.6 Å². The first-order valence-electron chi connectivity index (χ1n) is 11.0. The molecule has 0 spiro atoms. The van der Waals surface area contributed by atoms with E-state index in [0.29, 0.717) is 15.7 Å². The Morgan fingerprint density at radius 3 is 2.53 bits per heavy atom. The number of non-ortho nitro benzene ring substituents is 1. The number of imide groups is 1. The molecule has 3 aromatic rings. The minimum Gasteiger partial charge on any atom is -0.503 e. The number of halogens is 1. The Labute approximate surface area is 213 Å². The molecule has 0 radical (unpaired) electrons. The van der Waals surface area contributed by atoms with Crippen molar-refractivity contribution in [3.8, 4) is 11.5 Å². The van der Waals surface area contributed by atoms with Crippen LogP contribution < -0.4 is 9.80 Å². The number of methoxy groups -OCH3 is 1. The number of nitro groups is 1. The highest BCUT2D eigenvalue weighted by molar-refractivity contribution is 9.10. The van der Waals surface area contributed by atoms with Crippen molar-refractivity contribution in [1.82, 2.24) is 4.90 Å². The third-order valence-electron chi connectivity index (χ3n) is 6.30. The summed E-state index contributed by atoms with van der Waals surface area (Å²) in [4.78, 5) is 45.1. The number of benzene rings is 3. The van der Waals surface area contributed by atoms with Crippen molar-refractivity contribution in [3.05, 3.63) is 92.4 Å². The van der Waals surface area contributed by atoms with E-state index in [4.69, 9.17) is 9.57 Å². The van der Waals surface area contributed by atoms with Crippen LogP contribution in [0.5, 0.6) is 11.5 Å². The number of carbonyl (C=O) groups excluding carboxylic acids is 2. The van der Waals surface area contributed by atoms with Crippen LogP contribution in [0.4, 0.5) is 11.4 Å². The number of hydrogen-bond acceptors (Lipinski definition) is 8. The van der Waals surface area contributed by atoms with Crippen LogP contribution in [0.2, 0.25) is 0 Å². The third kappa shape index (κ3) is 3.95. The van der Waals surface area contributed by atoms with Gasteiger partial charge in [0, 0.05) is 12.1 Å². The number of carbonyl (C=O) groups is 2. The average molecular weight is 554 g/mol. The van der Waals surface area contributed by atoms with Crippen LogP contribution in [0.1, 0.15) is 17.2 Å². The van der Waals surface area contributed by atoms with Gasteiger partial charge in [-0.25, -0.2) is 5.06 Å². The molecule has 36 heavy (non-hydrogen) atoms. The molecule has 2 amide bonds. The van der Waals surface area contributed by atoms with Gasteiger partial charge in [0.05, 0.1) is 34.8 Å². The summed E-state index contributed by atoms with van der Waals surface area (Å²) in [6.45, 7) is 0.0982. The van der Waals surface area contributed by atoms with E-state index in [-0.39, 0.29) is 23.7 Å². The van der Waals surface area contributed by atoms with Crippen LogP contribution in [0.3, 0.4) is 0 Å². The average Bonchev–Trinajstić information content (AvgIpc) is 3.38. The number of likely N-dealkylation sites (tertiary alicyclic amines) is 1. The van der Waals surface area contributed by atoms with E-state index in [2.05, 4.69) is 15.9 Å². The first-order valence-corrected chi connectivity index (χ1v) is 11.8. The van der Waals surface area contributed by atoms with Gasteiger partial charge in [-0.1, -0.05) is 36.4 Å². The molecule has 0 aliphatic carbocycles. The molecule has 0 saturated carbocycles. The molecule has 5 rings (SSSR count). The fourth-order valence-electron chi connectivity index (χ4n) is 4.62. The van der Waals surface area contributed by atoms with Gasteiger partial charge in [-0.2, -0.15) is 0 Å². The van der Waals surface area contributed by atoms with Gasteiger partial charge < -0.3 is 9.84 Å². The minimum absolute atomic E-state index is 0.0982. The number of rotatable bonds is 6. The summed E-state index contributed by atoms with van der Waals surface area (Å²) < 4.78 is 5.60. The summed E-state index contributed by atoms with van der Waals surface area (Å²) in [5, 5.41) is 23.1. The number of phenols is 1. The standard InChI is InChI=1S/C25H20BrN3O7/c1-35-19-11-15(10-18(26)22(19)30)21-20-23(36-28(21)16-8-5-9-17(12-16)29(33)34)25(32)27(24(20)31)13-14-6-3-2-4-7-14/h2-12,20-21,23,30H,13H2,1H3/t20-,21+,23+/m0/s1. The molecule has 10 nitrogen and oxygen atoms in total. The highest BCUT2D eigenvalue weighted by Gasteiger charge is 2.60. The van der Waals surface area contributed by atoms with E-state index >= 15 is 0 Å². The lowest BCUT2D eigenvalue weighted by atomic mass is 9.90. The smallest absolute Gasteiger partial charge is 0.271 e. The van der Waals surface area contributed by atoms with Crippen molar-refractivity contribution in [1.29, 1.82) is 0 Å². The van der Waals surface area contributed by atoms with Crippen molar-refractivity contribution in [2.24, 2.45) is 5.92 Å². The highest BCUT2D eigenvalue weighted by atomic mass is 79.9. The lowest BCUT2D eigenvalue weighted by Gasteiger charge is -2.29. The second-order valence-electron chi connectivity index (χ2n) is 8.40. The summed E-state index contributed by atoms with van der Waals surface area (Å²) in [7, 11) is 1.39. The molecule has 2 aliphatic heterocycles. The van der Waals surface area contributed by atoms with E-state index in [0.717, 1.165) is 5.56 Å². The fraction of sp³-hybridized carbons (Fsp3) is 0.200. The predicted octanol–water partition coefficient (Wildman–Crippen LogP) is 4.12. The van der Waals surface area contributed by atoms with Crippen LogP contribution in [-0.4, -0.2) is 40.0 Å². The van der Waals surface area contributed by atoms with Gasteiger partial charge in [-0.3, -0.25) is 29.4 Å². The maximum absolute atomic E-state index is 13.6. The van der Waals surface area contributed by atoms with Crippen molar-refractivity contribution in [3.63, 3.8) is 0 Å². The largest absolute Gasteiger partial charge is 0.503 e. The molecule has 2 aliphatic rings. The van der Waals surface area contributed by atoms with E-state index in [1.807, 2.05) is 30.3 Å². The molecule has 0 unspecified atom stereocenters. The molecule has 0 aromatic heterocycles. The van der Waals surface area contributed by atoms with Crippen LogP contribution >= 0.6 is 15.9 Å². The maximum atomic E-state index is 13.6. The summed E-state index contributed by atoms with van der Waals surface area (Å²) in [5.74, 6) is -1.81. The van der Waals surface area contributed by atoms with Crippen LogP contribution in [0.25, 0.3) is 0 Å². The molecule has 2 fully saturated rings. The second-order valence-corrected chi connectivity index (χ2v) is 9.26. The molecular formula is C25H20BrN3O7. The molecule has 0 bridgehead atoms. The molecule has 1 N–H and O–H groups in total. The molecule has 184 valence electrons. The number of amides is 2. The number of nitro benzene ring substituents is 1. The normalized spacial score (nSPS) is 21.1. The maximum Gasteiger partial charge on any atom is 0.271 e. The van der Waals surface area contributed by atoms with Crippen molar-refractivity contribution < 1.29 is 29.2 Å². The van der Waals surface area contributed by atoms with Gasteiger partial charge in [0.1, 0.15) is 5.92 Å². The van der Waals surface area contributed by atoms with E-state index in [1.165, 1.54) is 35.3 Å². The predicted molar refractivity (Wildman–Crippen MR) is 131 cm³/mol. The number of phenolic OH excluding ortho intramolecular Hbond substituents is 1. The van der Waals surface area contributed by atoms with Gasteiger partial charge in [0.15, 0.2) is 17.6 Å². The van der Waals surface area contributed by atoms with Crippen molar-refractivity contribution in [2.45, 2.75) is 18.7 Å². The summed E-state index contributed by atoms with van der Waals surface area (Å²) >= 11 is 3.31. The van der Waals surface area contributed by atoms with Crippen LogP contribution in [-0.2, 0) is 21.0 Å². The van der Waals surface area contributed by atoms with Gasteiger partial charge >= 0.3 is 0 Å². The van der Waals surface area contributed by atoms with Crippen LogP contribution in [0.15, 0.2) is 71.2 Å². The monoisotopic (exact) mass is 553 g/mol. The Morgan fingerprint density at radius 2 is 1.83 bits per heavy atom. The highest BCUT2D eigenvalue weighted by Crippen LogP contribution is 2.49. The van der Waals surface area contributed by atoms with Crippen LogP contribution in [0, 0.1) is 16.0 Å². The quantitative estimate of drug-likeness (QED) is 0.275. The topological polar surface area (TPSA) is 122 Å². The molecule has 2 saturated heterocycles. The fourth-order valence-corrected chi connectivity index (χ4v) is 5.08. The Kier molecular flexibility index (Phi) is 6.10. The Bertz CT molecular complexity index is 1370. The van der Waals surface area contributed by atoms with Crippen molar-refractivity contribution in [2.75, 3.05) is 12.2 Å². The first-order chi connectivity index (χ1) is 17.3. The number of aromatic hydroxyl groups is 1. The lowest BCUT2D eigenvalue weighted by molar-refractivity contribution is -0.384. The van der Waals surface area contributed by atoms with E-state index < -0.39 is 34.8 Å². The van der Waals surface area contributed by atoms with Gasteiger partial charge in [-0.15, -0.1) is 0 Å². The zero-order valence-electron chi connectivity index (χ0n) is 18.9. The number of hydroxylamine groups is 1. The SMILES string of the molecule is COc1cc([C@@H]2[C@@H]3C(=O)N(Cc4ccccc4)C(=O)[C@@H]3ON2c2cccc([N+](=O)[O-])c2)cc(Br)c1O. The summed E-state index contributed by atoms with van der Waals surface area (Å²) in [5.41, 5.74) is 1.44.